The van der Waals surface area contributed by atoms with Crippen LogP contribution in [-0.2, 0) is 0 Å². The van der Waals surface area contributed by atoms with Crippen LogP contribution in [0.1, 0.15) is 59.8 Å². The zero-order valence-electron chi connectivity index (χ0n) is 14.3. The van der Waals surface area contributed by atoms with Gasteiger partial charge in [-0.1, -0.05) is 57.2 Å². The summed E-state index contributed by atoms with van der Waals surface area (Å²) in [5.41, 5.74) is 2.96. The van der Waals surface area contributed by atoms with Gasteiger partial charge in [0.25, 0.3) is 0 Å². The highest BCUT2D eigenvalue weighted by Crippen LogP contribution is 2.61. The number of fused-ring (bicyclic) bond motifs is 1. The van der Waals surface area contributed by atoms with Gasteiger partial charge in [-0.3, -0.25) is 0 Å². The molecule has 1 N–H and O–H groups in total. The Labute approximate surface area is 130 Å². The van der Waals surface area contributed by atoms with Crippen LogP contribution in [0.4, 0.5) is 0 Å². The van der Waals surface area contributed by atoms with Gasteiger partial charge in [-0.25, -0.2) is 0 Å². The second-order valence-electron chi connectivity index (χ2n) is 8.07. The van der Waals surface area contributed by atoms with E-state index in [2.05, 4.69) is 46.9 Å². The van der Waals surface area contributed by atoms with Crippen LogP contribution < -0.4 is 0 Å². The van der Waals surface area contributed by atoms with Crippen LogP contribution in [0.2, 0.25) is 0 Å². The minimum absolute atomic E-state index is 0.0170. The van der Waals surface area contributed by atoms with Crippen LogP contribution in [0.15, 0.2) is 36.5 Å². The van der Waals surface area contributed by atoms with Crippen LogP contribution in [0.25, 0.3) is 0 Å². The predicted molar refractivity (Wildman–Crippen MR) is 91.1 cm³/mol. The van der Waals surface area contributed by atoms with Crippen molar-refractivity contribution < 1.29 is 5.11 Å². The maximum absolute atomic E-state index is 10.5. The molecule has 0 saturated heterocycles. The van der Waals surface area contributed by atoms with Crippen LogP contribution >= 0.6 is 0 Å². The van der Waals surface area contributed by atoms with Gasteiger partial charge in [0, 0.05) is 0 Å². The molecule has 4 atom stereocenters. The minimum Gasteiger partial charge on any atom is -0.393 e. The first-order chi connectivity index (χ1) is 9.73. The molecule has 0 heterocycles. The second-order valence-corrected chi connectivity index (χ2v) is 8.07. The van der Waals surface area contributed by atoms with Gasteiger partial charge >= 0.3 is 0 Å². The maximum atomic E-state index is 10.5. The molecular weight excluding hydrogens is 256 g/mol. The van der Waals surface area contributed by atoms with E-state index < -0.39 is 0 Å². The third-order valence-electron chi connectivity index (χ3n) is 6.55. The average Bonchev–Trinajstić information content (AvgIpc) is 2.42. The van der Waals surface area contributed by atoms with E-state index in [4.69, 9.17) is 0 Å². The van der Waals surface area contributed by atoms with E-state index >= 15 is 0 Å². The summed E-state index contributed by atoms with van der Waals surface area (Å²) in [5.74, 6) is 1.12. The molecule has 2 aliphatic carbocycles. The maximum Gasteiger partial charge on any atom is 0.0594 e. The first-order valence-corrected chi connectivity index (χ1v) is 8.38. The molecule has 1 heteroatoms. The molecule has 0 radical (unpaired) electrons. The average molecular weight is 288 g/mol. The summed E-state index contributed by atoms with van der Waals surface area (Å²) in [5, 5.41) is 10.5. The van der Waals surface area contributed by atoms with E-state index in [9.17, 15) is 5.11 Å². The van der Waals surface area contributed by atoms with Crippen LogP contribution in [0.3, 0.4) is 0 Å². The number of aliphatic hydroxyl groups excluding tert-OH is 1. The second kappa shape index (κ2) is 5.76. The number of aliphatic hydroxyl groups is 1. The zero-order chi connectivity index (χ0) is 15.8. The molecule has 2 saturated carbocycles. The quantitative estimate of drug-likeness (QED) is 0.553. The molecule has 21 heavy (non-hydrogen) atoms. The van der Waals surface area contributed by atoms with Gasteiger partial charge in [-0.2, -0.15) is 0 Å². The van der Waals surface area contributed by atoms with E-state index in [1.54, 1.807) is 0 Å². The molecule has 0 unspecified atom stereocenters. The van der Waals surface area contributed by atoms with Gasteiger partial charge in [-0.05, 0) is 61.7 Å². The predicted octanol–water partition coefficient (Wildman–Crippen LogP) is 5.28. The molecule has 0 amide bonds. The van der Waals surface area contributed by atoms with E-state index in [-0.39, 0.29) is 16.9 Å². The van der Waals surface area contributed by atoms with Crippen molar-refractivity contribution in [1.29, 1.82) is 0 Å². The fraction of sp³-hybridized carbons (Fsp3) is 0.700. The summed E-state index contributed by atoms with van der Waals surface area (Å²) in [4.78, 5) is 0. The molecule has 2 rings (SSSR count). The SMILES string of the molecule is C=C/C(C)=C/C[C@@H]1C(=C)CC[C@@H]2C(C)(C)[C@H](O)CC[C@@]12C. The lowest BCUT2D eigenvalue weighted by molar-refractivity contribution is -0.123. The monoisotopic (exact) mass is 288 g/mol. The van der Waals surface area contributed by atoms with Gasteiger partial charge in [0.15, 0.2) is 0 Å². The van der Waals surface area contributed by atoms with Crippen molar-refractivity contribution in [3.8, 4) is 0 Å². The van der Waals surface area contributed by atoms with Crippen molar-refractivity contribution in [2.24, 2.45) is 22.7 Å². The van der Waals surface area contributed by atoms with Crippen molar-refractivity contribution in [1.82, 2.24) is 0 Å². The lowest BCUT2D eigenvalue weighted by atomic mass is 9.46. The largest absolute Gasteiger partial charge is 0.393 e. The Hall–Kier alpha value is -0.820. The van der Waals surface area contributed by atoms with Gasteiger partial charge < -0.3 is 5.11 Å². The smallest absolute Gasteiger partial charge is 0.0594 e. The molecular formula is C20H32O. The molecule has 0 aromatic carbocycles. The Balaban J connectivity index is 2.32. The summed E-state index contributed by atoms with van der Waals surface area (Å²) in [7, 11) is 0. The summed E-state index contributed by atoms with van der Waals surface area (Å²) >= 11 is 0. The summed E-state index contributed by atoms with van der Waals surface area (Å²) in [6.07, 6.45) is 9.49. The fourth-order valence-electron chi connectivity index (χ4n) is 4.99. The van der Waals surface area contributed by atoms with E-state index in [1.807, 2.05) is 6.08 Å². The highest BCUT2D eigenvalue weighted by Gasteiger charge is 2.55. The van der Waals surface area contributed by atoms with Gasteiger partial charge in [0.05, 0.1) is 6.10 Å². The zero-order valence-corrected chi connectivity index (χ0v) is 14.3. The number of rotatable bonds is 3. The first-order valence-electron chi connectivity index (χ1n) is 8.38. The van der Waals surface area contributed by atoms with Crippen molar-refractivity contribution in [2.75, 3.05) is 0 Å². The van der Waals surface area contributed by atoms with Crippen LogP contribution in [0.5, 0.6) is 0 Å². The van der Waals surface area contributed by atoms with E-state index in [0.717, 1.165) is 25.7 Å². The minimum atomic E-state index is -0.159. The normalized spacial score (nSPS) is 39.8. The summed E-state index contributed by atoms with van der Waals surface area (Å²) in [6, 6.07) is 0. The van der Waals surface area contributed by atoms with Crippen molar-refractivity contribution in [2.45, 2.75) is 65.9 Å². The fourth-order valence-corrected chi connectivity index (χ4v) is 4.99. The van der Waals surface area contributed by atoms with Gasteiger partial charge in [0.1, 0.15) is 0 Å². The Bertz CT molecular complexity index is 456. The van der Waals surface area contributed by atoms with E-state index in [0.29, 0.717) is 11.8 Å². The third-order valence-corrected chi connectivity index (χ3v) is 6.55. The van der Waals surface area contributed by atoms with Gasteiger partial charge in [-0.15, -0.1) is 0 Å². The van der Waals surface area contributed by atoms with Gasteiger partial charge in [0.2, 0.25) is 0 Å². The Kier molecular flexibility index (Phi) is 4.54. The molecule has 2 aliphatic rings. The molecule has 2 fully saturated rings. The summed E-state index contributed by atoms with van der Waals surface area (Å²) in [6.45, 7) is 17.3. The molecule has 118 valence electrons. The number of allylic oxidation sites excluding steroid dienone is 4. The molecule has 0 bridgehead atoms. The number of hydrogen-bond donors (Lipinski definition) is 1. The molecule has 1 nitrogen and oxygen atoms in total. The van der Waals surface area contributed by atoms with Crippen molar-refractivity contribution in [3.63, 3.8) is 0 Å². The molecule has 0 aromatic rings. The molecule has 0 spiro atoms. The van der Waals surface area contributed by atoms with Crippen molar-refractivity contribution in [3.05, 3.63) is 36.5 Å². The molecule has 0 aromatic heterocycles. The topological polar surface area (TPSA) is 20.2 Å². The standard InChI is InChI=1S/C20H32O/c1-7-14(2)8-10-16-15(3)9-11-17-19(4,5)18(21)12-13-20(16,17)6/h7-8,16-18,21H,1,3,9-13H2,2,4-6H3/b14-8+/t16-,17-,18-,20+/m1/s1. The molecule has 0 aliphatic heterocycles. The van der Waals surface area contributed by atoms with Crippen LogP contribution in [0, 0.1) is 22.7 Å². The number of hydrogen-bond acceptors (Lipinski definition) is 1. The Morgan fingerprint density at radius 1 is 1.33 bits per heavy atom. The Morgan fingerprint density at radius 2 is 2.00 bits per heavy atom. The lowest BCUT2D eigenvalue weighted by Gasteiger charge is -2.59. The van der Waals surface area contributed by atoms with E-state index in [1.165, 1.54) is 17.6 Å². The third kappa shape index (κ3) is 2.77. The summed E-state index contributed by atoms with van der Waals surface area (Å²) < 4.78 is 0. The lowest BCUT2D eigenvalue weighted by Crippen LogP contribution is -2.54. The highest BCUT2D eigenvalue weighted by molar-refractivity contribution is 5.20. The highest BCUT2D eigenvalue weighted by atomic mass is 16.3. The Morgan fingerprint density at radius 3 is 2.62 bits per heavy atom. The van der Waals surface area contributed by atoms with Crippen molar-refractivity contribution >= 4 is 0 Å². The first kappa shape index (κ1) is 16.5. The van der Waals surface area contributed by atoms with Crippen LogP contribution in [-0.4, -0.2) is 11.2 Å².